The SMILES string of the molecule is CC(C)CC(=O)Nc1ccc(NC(=O)C(C)CCN)cc1. The number of anilines is 2. The molecule has 1 aromatic rings. The fourth-order valence-corrected chi connectivity index (χ4v) is 1.87. The molecule has 21 heavy (non-hydrogen) atoms. The van der Waals surface area contributed by atoms with Crippen LogP contribution >= 0.6 is 0 Å². The van der Waals surface area contributed by atoms with Gasteiger partial charge in [0.25, 0.3) is 0 Å². The number of nitrogens with one attached hydrogen (secondary N) is 2. The van der Waals surface area contributed by atoms with Gasteiger partial charge in [-0.05, 0) is 43.1 Å². The van der Waals surface area contributed by atoms with E-state index >= 15 is 0 Å². The third-order valence-corrected chi connectivity index (χ3v) is 3.08. The molecular weight excluding hydrogens is 266 g/mol. The van der Waals surface area contributed by atoms with Crippen LogP contribution in [0.15, 0.2) is 24.3 Å². The monoisotopic (exact) mass is 291 g/mol. The molecule has 116 valence electrons. The lowest BCUT2D eigenvalue weighted by molar-refractivity contribution is -0.119. The van der Waals surface area contributed by atoms with Gasteiger partial charge in [-0.1, -0.05) is 20.8 Å². The summed E-state index contributed by atoms with van der Waals surface area (Å²) in [5.74, 6) is 0.170. The number of rotatable bonds is 7. The topological polar surface area (TPSA) is 84.2 Å². The van der Waals surface area contributed by atoms with Gasteiger partial charge in [-0.2, -0.15) is 0 Å². The number of hydrogen-bond donors (Lipinski definition) is 3. The summed E-state index contributed by atoms with van der Waals surface area (Å²) >= 11 is 0. The maximum absolute atomic E-state index is 11.8. The third-order valence-electron chi connectivity index (χ3n) is 3.08. The van der Waals surface area contributed by atoms with Gasteiger partial charge < -0.3 is 16.4 Å². The molecule has 0 aliphatic carbocycles. The molecule has 0 aliphatic rings. The third kappa shape index (κ3) is 6.40. The van der Waals surface area contributed by atoms with Crippen molar-refractivity contribution in [3.05, 3.63) is 24.3 Å². The van der Waals surface area contributed by atoms with Crippen LogP contribution in [0.3, 0.4) is 0 Å². The first-order valence-corrected chi connectivity index (χ1v) is 7.33. The summed E-state index contributed by atoms with van der Waals surface area (Å²) in [6, 6.07) is 7.11. The first-order valence-electron chi connectivity index (χ1n) is 7.33. The molecule has 4 N–H and O–H groups in total. The largest absolute Gasteiger partial charge is 0.330 e. The van der Waals surface area contributed by atoms with Gasteiger partial charge in [-0.15, -0.1) is 0 Å². The highest BCUT2D eigenvalue weighted by molar-refractivity contribution is 5.93. The zero-order chi connectivity index (χ0) is 15.8. The Morgan fingerprint density at radius 1 is 1.05 bits per heavy atom. The summed E-state index contributed by atoms with van der Waals surface area (Å²) in [5, 5.41) is 5.66. The summed E-state index contributed by atoms with van der Waals surface area (Å²) in [7, 11) is 0. The second kappa shape index (κ2) is 8.42. The summed E-state index contributed by atoms with van der Waals surface area (Å²) in [6.07, 6.45) is 1.16. The fraction of sp³-hybridized carbons (Fsp3) is 0.500. The van der Waals surface area contributed by atoms with Crippen molar-refractivity contribution in [1.29, 1.82) is 0 Å². The van der Waals surface area contributed by atoms with Crippen molar-refractivity contribution < 1.29 is 9.59 Å². The van der Waals surface area contributed by atoms with Gasteiger partial charge in [0.1, 0.15) is 0 Å². The molecule has 0 radical (unpaired) electrons. The van der Waals surface area contributed by atoms with Gasteiger partial charge in [0, 0.05) is 23.7 Å². The van der Waals surface area contributed by atoms with Crippen molar-refractivity contribution in [3.8, 4) is 0 Å². The second-order valence-electron chi connectivity index (χ2n) is 5.69. The van der Waals surface area contributed by atoms with Crippen LogP contribution in [0.1, 0.15) is 33.6 Å². The minimum atomic E-state index is -0.111. The number of carbonyl (C=O) groups is 2. The van der Waals surface area contributed by atoms with Gasteiger partial charge in [0.15, 0.2) is 0 Å². The van der Waals surface area contributed by atoms with Crippen molar-refractivity contribution in [1.82, 2.24) is 0 Å². The summed E-state index contributed by atoms with van der Waals surface area (Å²) in [5.41, 5.74) is 6.88. The van der Waals surface area contributed by atoms with Gasteiger partial charge in [-0.3, -0.25) is 9.59 Å². The molecule has 1 unspecified atom stereocenters. The molecule has 1 aromatic carbocycles. The molecule has 0 heterocycles. The van der Waals surface area contributed by atoms with Gasteiger partial charge in [0.2, 0.25) is 11.8 Å². The Labute approximate surface area is 126 Å². The van der Waals surface area contributed by atoms with Crippen LogP contribution in [0.4, 0.5) is 11.4 Å². The Bertz CT molecular complexity index is 469. The Balaban J connectivity index is 2.54. The Morgan fingerprint density at radius 3 is 2.05 bits per heavy atom. The lowest BCUT2D eigenvalue weighted by Crippen LogP contribution is -2.22. The van der Waals surface area contributed by atoms with E-state index in [1.165, 1.54) is 0 Å². The second-order valence-corrected chi connectivity index (χ2v) is 5.69. The van der Waals surface area contributed by atoms with Crippen LogP contribution in [-0.2, 0) is 9.59 Å². The zero-order valence-electron chi connectivity index (χ0n) is 13.0. The van der Waals surface area contributed by atoms with Gasteiger partial charge >= 0.3 is 0 Å². The van der Waals surface area contributed by atoms with E-state index in [0.717, 1.165) is 5.69 Å². The highest BCUT2D eigenvalue weighted by Gasteiger charge is 2.12. The maximum atomic E-state index is 11.8. The number of carbonyl (C=O) groups excluding carboxylic acids is 2. The molecule has 0 saturated carbocycles. The van der Waals surface area contributed by atoms with Crippen molar-refractivity contribution in [2.75, 3.05) is 17.2 Å². The van der Waals surface area contributed by atoms with Crippen LogP contribution in [0.25, 0.3) is 0 Å². The van der Waals surface area contributed by atoms with E-state index in [1.807, 2.05) is 20.8 Å². The van der Waals surface area contributed by atoms with E-state index in [0.29, 0.717) is 31.0 Å². The first-order chi connectivity index (χ1) is 9.92. The van der Waals surface area contributed by atoms with Crippen LogP contribution in [-0.4, -0.2) is 18.4 Å². The highest BCUT2D eigenvalue weighted by atomic mass is 16.2. The van der Waals surface area contributed by atoms with Crippen LogP contribution < -0.4 is 16.4 Å². The number of nitrogens with two attached hydrogens (primary N) is 1. The van der Waals surface area contributed by atoms with E-state index in [1.54, 1.807) is 24.3 Å². The molecule has 0 saturated heterocycles. The van der Waals surface area contributed by atoms with Crippen molar-refractivity contribution in [2.24, 2.45) is 17.6 Å². The van der Waals surface area contributed by atoms with Gasteiger partial charge in [-0.25, -0.2) is 0 Å². The number of benzene rings is 1. The van der Waals surface area contributed by atoms with E-state index in [2.05, 4.69) is 10.6 Å². The molecule has 2 amide bonds. The smallest absolute Gasteiger partial charge is 0.227 e. The lowest BCUT2D eigenvalue weighted by Gasteiger charge is -2.12. The first kappa shape index (κ1) is 17.2. The number of hydrogen-bond acceptors (Lipinski definition) is 3. The Hall–Kier alpha value is -1.88. The summed E-state index contributed by atoms with van der Waals surface area (Å²) < 4.78 is 0. The molecule has 1 rings (SSSR count). The Kier molecular flexibility index (Phi) is 6.88. The van der Waals surface area contributed by atoms with Gasteiger partial charge in [0.05, 0.1) is 0 Å². The zero-order valence-corrected chi connectivity index (χ0v) is 13.0. The predicted molar refractivity (Wildman–Crippen MR) is 86.0 cm³/mol. The van der Waals surface area contributed by atoms with E-state index in [4.69, 9.17) is 5.73 Å². The molecule has 0 spiro atoms. The molecule has 0 fully saturated rings. The maximum Gasteiger partial charge on any atom is 0.227 e. The molecule has 0 bridgehead atoms. The van der Waals surface area contributed by atoms with E-state index in [9.17, 15) is 9.59 Å². The van der Waals surface area contributed by atoms with E-state index in [-0.39, 0.29) is 17.7 Å². The lowest BCUT2D eigenvalue weighted by atomic mass is 10.1. The van der Waals surface area contributed by atoms with Crippen LogP contribution in [0, 0.1) is 11.8 Å². The molecule has 0 aromatic heterocycles. The van der Waals surface area contributed by atoms with Crippen LogP contribution in [0.5, 0.6) is 0 Å². The highest BCUT2D eigenvalue weighted by Crippen LogP contribution is 2.15. The standard InChI is InChI=1S/C16H25N3O2/c1-11(2)10-15(20)18-13-4-6-14(7-5-13)19-16(21)12(3)8-9-17/h4-7,11-12H,8-10,17H2,1-3H3,(H,18,20)(H,19,21). The Morgan fingerprint density at radius 2 is 1.57 bits per heavy atom. The minimum absolute atomic E-state index is 0.00152. The van der Waals surface area contributed by atoms with E-state index < -0.39 is 0 Å². The molecule has 0 aliphatic heterocycles. The van der Waals surface area contributed by atoms with Crippen molar-refractivity contribution >= 4 is 23.2 Å². The normalized spacial score (nSPS) is 12.0. The molecule has 5 heteroatoms. The number of amides is 2. The molecule has 1 atom stereocenters. The average molecular weight is 291 g/mol. The van der Waals surface area contributed by atoms with Crippen molar-refractivity contribution in [2.45, 2.75) is 33.6 Å². The molecule has 5 nitrogen and oxygen atoms in total. The van der Waals surface area contributed by atoms with Crippen LogP contribution in [0.2, 0.25) is 0 Å². The predicted octanol–water partition coefficient (Wildman–Crippen LogP) is 2.59. The average Bonchev–Trinajstić information content (AvgIpc) is 2.40. The quantitative estimate of drug-likeness (QED) is 0.722. The minimum Gasteiger partial charge on any atom is -0.330 e. The fourth-order valence-electron chi connectivity index (χ4n) is 1.87. The van der Waals surface area contributed by atoms with Crippen molar-refractivity contribution in [3.63, 3.8) is 0 Å². The molecular formula is C16H25N3O2. The summed E-state index contributed by atoms with van der Waals surface area (Å²) in [6.45, 7) is 6.35. The summed E-state index contributed by atoms with van der Waals surface area (Å²) in [4.78, 5) is 23.5.